The molecule has 0 aromatic carbocycles. The van der Waals surface area contributed by atoms with Crippen LogP contribution in [0.1, 0.15) is 45.0 Å². The average Bonchev–Trinajstić information content (AvgIpc) is 2.83. The van der Waals surface area contributed by atoms with E-state index in [-0.39, 0.29) is 12.0 Å². The monoisotopic (exact) mass is 307 g/mol. The minimum Gasteiger partial charge on any atom is -0.480 e. The highest BCUT2D eigenvalue weighted by Crippen LogP contribution is 2.31. The first kappa shape index (κ1) is 16.8. The predicted molar refractivity (Wildman–Crippen MR) is 82.6 cm³/mol. The zero-order valence-electron chi connectivity index (χ0n) is 13.8. The molecule has 1 unspecified atom stereocenters. The molecule has 0 saturated carbocycles. The molecule has 1 atom stereocenters. The maximum Gasteiger partial charge on any atom is 0.326 e. The van der Waals surface area contributed by atoms with Gasteiger partial charge in [0.05, 0.1) is 6.61 Å². The number of likely N-dealkylation sites (tertiary alicyclic amines) is 1. The fraction of sp³-hybridized carbons (Fsp3) is 0.688. The molecule has 1 aromatic heterocycles. The van der Waals surface area contributed by atoms with Crippen LogP contribution in [-0.4, -0.2) is 51.7 Å². The molecule has 2 rings (SSSR count). The molecule has 22 heavy (non-hydrogen) atoms. The van der Waals surface area contributed by atoms with Gasteiger partial charge >= 0.3 is 5.97 Å². The van der Waals surface area contributed by atoms with Crippen LogP contribution in [0.25, 0.3) is 0 Å². The lowest BCUT2D eigenvalue weighted by Crippen LogP contribution is -2.53. The number of methoxy groups -OCH3 is 1. The predicted octanol–water partition coefficient (Wildman–Crippen LogP) is 1.84. The van der Waals surface area contributed by atoms with E-state index in [1.165, 1.54) is 0 Å². The summed E-state index contributed by atoms with van der Waals surface area (Å²) in [7, 11) is 1.54. The third kappa shape index (κ3) is 3.28. The number of aliphatic carboxylic acids is 1. The van der Waals surface area contributed by atoms with Crippen LogP contribution in [0.4, 0.5) is 0 Å². The van der Waals surface area contributed by atoms with Gasteiger partial charge in [-0.3, -0.25) is 9.69 Å². The van der Waals surface area contributed by atoms with Gasteiger partial charge < -0.3 is 9.84 Å². The summed E-state index contributed by atoms with van der Waals surface area (Å²) in [6, 6.07) is 0. The van der Waals surface area contributed by atoms with Gasteiger partial charge in [0.25, 0.3) is 0 Å². The first-order valence-corrected chi connectivity index (χ1v) is 7.58. The molecule has 0 radical (unpaired) electrons. The molecule has 6 heteroatoms. The molecule has 0 bridgehead atoms. The van der Waals surface area contributed by atoms with Crippen LogP contribution >= 0.6 is 0 Å². The van der Waals surface area contributed by atoms with Gasteiger partial charge in [0.1, 0.15) is 11.4 Å². The fourth-order valence-electron chi connectivity index (χ4n) is 2.92. The summed E-state index contributed by atoms with van der Waals surface area (Å²) in [5, 5.41) is 9.64. The maximum absolute atomic E-state index is 11.7. The van der Waals surface area contributed by atoms with Gasteiger partial charge in [-0.25, -0.2) is 9.97 Å². The molecule has 1 aliphatic rings. The summed E-state index contributed by atoms with van der Waals surface area (Å²) in [5.74, 6) is -0.0295. The van der Waals surface area contributed by atoms with Crippen LogP contribution in [0.5, 0.6) is 0 Å². The van der Waals surface area contributed by atoms with Crippen molar-refractivity contribution < 1.29 is 14.6 Å². The van der Waals surface area contributed by atoms with Gasteiger partial charge in [0.15, 0.2) is 0 Å². The van der Waals surface area contributed by atoms with E-state index >= 15 is 0 Å². The Bertz CT molecular complexity index is 524. The third-order valence-electron chi connectivity index (χ3n) is 4.15. The number of carbonyl (C=O) groups is 1. The summed E-state index contributed by atoms with van der Waals surface area (Å²) >= 11 is 0. The number of ether oxygens (including phenoxy) is 1. The highest BCUT2D eigenvalue weighted by Gasteiger charge is 2.47. The van der Waals surface area contributed by atoms with Gasteiger partial charge in [-0.05, 0) is 19.4 Å². The Labute approximate surface area is 131 Å². The largest absolute Gasteiger partial charge is 0.480 e. The van der Waals surface area contributed by atoms with Crippen LogP contribution in [0, 0.1) is 0 Å². The van der Waals surface area contributed by atoms with Gasteiger partial charge in [-0.1, -0.05) is 20.8 Å². The summed E-state index contributed by atoms with van der Waals surface area (Å²) in [6.45, 7) is 7.67. The minimum atomic E-state index is -0.933. The highest BCUT2D eigenvalue weighted by atomic mass is 16.5. The lowest BCUT2D eigenvalue weighted by molar-refractivity contribution is -0.153. The lowest BCUT2D eigenvalue weighted by atomic mass is 9.95. The number of aromatic nitrogens is 2. The van der Waals surface area contributed by atoms with E-state index in [4.69, 9.17) is 4.74 Å². The number of nitrogens with zero attached hydrogens (tertiary/aromatic N) is 3. The molecule has 6 nitrogen and oxygen atoms in total. The molecule has 122 valence electrons. The number of carboxylic acids is 1. The maximum atomic E-state index is 11.7. The second-order valence-corrected chi connectivity index (χ2v) is 6.96. The van der Waals surface area contributed by atoms with Crippen LogP contribution in [0.3, 0.4) is 0 Å². The molecule has 1 aliphatic heterocycles. The van der Waals surface area contributed by atoms with Crippen LogP contribution in [0.2, 0.25) is 0 Å². The smallest absolute Gasteiger partial charge is 0.326 e. The Hall–Kier alpha value is -1.53. The Morgan fingerprint density at radius 1 is 1.41 bits per heavy atom. The Morgan fingerprint density at radius 3 is 2.55 bits per heavy atom. The van der Waals surface area contributed by atoms with Crippen molar-refractivity contribution in [2.24, 2.45) is 0 Å². The SMILES string of the molecule is COCC1(C(=O)O)CCCN1Cc1cnc(C(C)(C)C)nc1. The van der Waals surface area contributed by atoms with Crippen molar-refractivity contribution >= 4 is 5.97 Å². The first-order valence-electron chi connectivity index (χ1n) is 7.58. The van der Waals surface area contributed by atoms with Gasteiger partial charge in [0, 0.05) is 37.0 Å². The summed E-state index contributed by atoms with van der Waals surface area (Å²) in [5.41, 5.74) is -0.0959. The zero-order valence-corrected chi connectivity index (χ0v) is 13.8. The lowest BCUT2D eigenvalue weighted by Gasteiger charge is -2.34. The van der Waals surface area contributed by atoms with E-state index in [1.54, 1.807) is 19.5 Å². The summed E-state index contributed by atoms with van der Waals surface area (Å²) < 4.78 is 5.17. The van der Waals surface area contributed by atoms with Crippen molar-refractivity contribution in [1.82, 2.24) is 14.9 Å². The van der Waals surface area contributed by atoms with E-state index in [0.717, 1.165) is 24.4 Å². The van der Waals surface area contributed by atoms with Crippen LogP contribution in [0.15, 0.2) is 12.4 Å². The molecule has 1 fully saturated rings. The van der Waals surface area contributed by atoms with Crippen LogP contribution in [-0.2, 0) is 21.5 Å². The van der Waals surface area contributed by atoms with Gasteiger partial charge in [-0.2, -0.15) is 0 Å². The van der Waals surface area contributed by atoms with E-state index < -0.39 is 11.5 Å². The third-order valence-corrected chi connectivity index (χ3v) is 4.15. The molecule has 0 amide bonds. The number of carboxylic acid groups (broad SMARTS) is 1. The number of rotatable bonds is 5. The van der Waals surface area contributed by atoms with Crippen molar-refractivity contribution in [2.75, 3.05) is 20.3 Å². The van der Waals surface area contributed by atoms with Crippen molar-refractivity contribution in [1.29, 1.82) is 0 Å². The van der Waals surface area contributed by atoms with Crippen molar-refractivity contribution in [3.05, 3.63) is 23.8 Å². The van der Waals surface area contributed by atoms with Gasteiger partial charge in [0.2, 0.25) is 0 Å². The van der Waals surface area contributed by atoms with E-state index in [0.29, 0.717) is 13.0 Å². The minimum absolute atomic E-state index is 0.0902. The fourth-order valence-corrected chi connectivity index (χ4v) is 2.92. The average molecular weight is 307 g/mol. The topological polar surface area (TPSA) is 75.6 Å². The van der Waals surface area contributed by atoms with Crippen molar-refractivity contribution in [3.63, 3.8) is 0 Å². The Morgan fingerprint density at radius 2 is 2.05 bits per heavy atom. The van der Waals surface area contributed by atoms with E-state index in [1.807, 2.05) is 4.90 Å². The summed E-state index contributed by atoms with van der Waals surface area (Å²) in [6.07, 6.45) is 5.06. The Kier molecular flexibility index (Phi) is 4.82. The Balaban J connectivity index is 2.17. The molecule has 1 aromatic rings. The highest BCUT2D eigenvalue weighted by molar-refractivity contribution is 5.79. The van der Waals surface area contributed by atoms with Crippen molar-refractivity contribution in [3.8, 4) is 0 Å². The van der Waals surface area contributed by atoms with Crippen molar-refractivity contribution in [2.45, 2.75) is 51.1 Å². The normalized spacial score (nSPS) is 22.9. The van der Waals surface area contributed by atoms with Crippen LogP contribution < -0.4 is 0 Å². The molecular formula is C16H25N3O3. The van der Waals surface area contributed by atoms with E-state index in [9.17, 15) is 9.90 Å². The summed E-state index contributed by atoms with van der Waals surface area (Å²) in [4.78, 5) is 22.5. The first-order chi connectivity index (χ1) is 10.3. The second-order valence-electron chi connectivity index (χ2n) is 6.96. The van der Waals surface area contributed by atoms with Gasteiger partial charge in [-0.15, -0.1) is 0 Å². The second kappa shape index (κ2) is 6.30. The zero-order chi connectivity index (χ0) is 16.4. The molecular weight excluding hydrogens is 282 g/mol. The molecule has 0 spiro atoms. The standard InChI is InChI=1S/C16H25N3O3/c1-15(2,3)13-17-8-12(9-18-13)10-19-7-5-6-16(19,11-22-4)14(20)21/h8-9H,5-7,10-11H2,1-4H3,(H,20,21). The number of hydrogen-bond acceptors (Lipinski definition) is 5. The molecule has 1 saturated heterocycles. The molecule has 2 heterocycles. The quantitative estimate of drug-likeness (QED) is 0.894. The number of hydrogen-bond donors (Lipinski definition) is 1. The molecule has 1 N–H and O–H groups in total. The molecule has 0 aliphatic carbocycles. The van der Waals surface area contributed by atoms with E-state index in [2.05, 4.69) is 30.7 Å².